The Morgan fingerprint density at radius 3 is 2.95 bits per heavy atom. The predicted molar refractivity (Wildman–Crippen MR) is 82.7 cm³/mol. The zero-order valence-electron chi connectivity index (χ0n) is 12.2. The summed E-state index contributed by atoms with van der Waals surface area (Å²) in [6.45, 7) is 4.23. The highest BCUT2D eigenvalue weighted by Crippen LogP contribution is 2.30. The van der Waals surface area contributed by atoms with E-state index in [-0.39, 0.29) is 0 Å². The topological polar surface area (TPSA) is 33.7 Å². The van der Waals surface area contributed by atoms with Crippen LogP contribution in [0.25, 0.3) is 0 Å². The molecule has 1 N–H and O–H groups in total. The average Bonchev–Trinajstić information content (AvgIpc) is 2.93. The van der Waals surface area contributed by atoms with Crippen molar-refractivity contribution < 1.29 is 9.47 Å². The van der Waals surface area contributed by atoms with Gasteiger partial charge in [-0.05, 0) is 18.6 Å². The second-order valence-electron chi connectivity index (χ2n) is 5.00. The van der Waals surface area contributed by atoms with E-state index in [0.29, 0.717) is 12.7 Å². The van der Waals surface area contributed by atoms with Crippen LogP contribution in [0.4, 0.5) is 5.69 Å². The summed E-state index contributed by atoms with van der Waals surface area (Å²) >= 11 is 6.36. The first-order valence-electron chi connectivity index (χ1n) is 7.01. The molecule has 1 saturated heterocycles. The number of nitrogens with one attached hydrogen (secondary N) is 1. The lowest BCUT2D eigenvalue weighted by atomic mass is 10.1. The molecule has 0 aliphatic carbocycles. The van der Waals surface area contributed by atoms with Crippen LogP contribution < -0.4 is 10.2 Å². The minimum atomic E-state index is 0.322. The van der Waals surface area contributed by atoms with Gasteiger partial charge in [-0.3, -0.25) is 0 Å². The van der Waals surface area contributed by atoms with Crippen LogP contribution in [0.5, 0.6) is 0 Å². The molecule has 0 bridgehead atoms. The largest absolute Gasteiger partial charge is 0.383 e. The van der Waals surface area contributed by atoms with Crippen LogP contribution in [-0.2, 0) is 16.0 Å². The highest BCUT2D eigenvalue weighted by atomic mass is 35.5. The number of ether oxygens (including phenoxy) is 2. The maximum Gasteiger partial charge on any atom is 0.0762 e. The van der Waals surface area contributed by atoms with E-state index in [1.165, 1.54) is 5.69 Å². The summed E-state index contributed by atoms with van der Waals surface area (Å²) in [6, 6.07) is 6.09. The molecule has 2 rings (SSSR count). The first-order valence-corrected chi connectivity index (χ1v) is 7.39. The van der Waals surface area contributed by atoms with Gasteiger partial charge in [0.1, 0.15) is 0 Å². The Kier molecular flexibility index (Phi) is 6.10. The van der Waals surface area contributed by atoms with Gasteiger partial charge < -0.3 is 19.7 Å². The van der Waals surface area contributed by atoms with E-state index >= 15 is 0 Å². The molecule has 0 spiro atoms. The van der Waals surface area contributed by atoms with Gasteiger partial charge in [-0.15, -0.1) is 0 Å². The molecular weight excluding hydrogens is 276 g/mol. The van der Waals surface area contributed by atoms with Crippen molar-refractivity contribution in [3.63, 3.8) is 0 Å². The van der Waals surface area contributed by atoms with E-state index in [4.69, 9.17) is 21.1 Å². The van der Waals surface area contributed by atoms with Crippen molar-refractivity contribution in [3.05, 3.63) is 28.8 Å². The fourth-order valence-corrected chi connectivity index (χ4v) is 2.78. The van der Waals surface area contributed by atoms with Crippen molar-refractivity contribution >= 4 is 17.3 Å². The summed E-state index contributed by atoms with van der Waals surface area (Å²) in [7, 11) is 3.48. The molecule has 20 heavy (non-hydrogen) atoms. The van der Waals surface area contributed by atoms with Crippen molar-refractivity contribution in [2.75, 3.05) is 45.4 Å². The zero-order valence-corrected chi connectivity index (χ0v) is 12.9. The van der Waals surface area contributed by atoms with Gasteiger partial charge >= 0.3 is 0 Å². The molecule has 1 aliphatic heterocycles. The molecule has 0 saturated carbocycles. The Balaban J connectivity index is 2.06. The summed E-state index contributed by atoms with van der Waals surface area (Å²) in [4.78, 5) is 2.35. The third-order valence-corrected chi connectivity index (χ3v) is 4.05. The highest BCUT2D eigenvalue weighted by Gasteiger charge is 2.24. The quantitative estimate of drug-likeness (QED) is 0.783. The van der Waals surface area contributed by atoms with Gasteiger partial charge in [0.2, 0.25) is 0 Å². The van der Waals surface area contributed by atoms with Gasteiger partial charge in [0.25, 0.3) is 0 Å². The lowest BCUT2D eigenvalue weighted by molar-refractivity contribution is 0.121. The summed E-state index contributed by atoms with van der Waals surface area (Å²) in [6.07, 6.45) is 1.39. The molecule has 1 aromatic rings. The average molecular weight is 299 g/mol. The van der Waals surface area contributed by atoms with Crippen molar-refractivity contribution in [2.45, 2.75) is 19.1 Å². The molecule has 1 atom stereocenters. The lowest BCUT2D eigenvalue weighted by Gasteiger charge is -2.23. The SMILES string of the molecule is COCCNCc1c(Cl)cccc1N1CCC(OC)C1. The van der Waals surface area contributed by atoms with E-state index in [1.807, 2.05) is 12.1 Å². The number of benzene rings is 1. The Hall–Kier alpha value is -0.810. The fourth-order valence-electron chi connectivity index (χ4n) is 2.55. The van der Waals surface area contributed by atoms with Crippen molar-refractivity contribution in [1.82, 2.24) is 5.32 Å². The van der Waals surface area contributed by atoms with Crippen molar-refractivity contribution in [1.29, 1.82) is 0 Å². The van der Waals surface area contributed by atoms with Crippen LogP contribution in [0.15, 0.2) is 18.2 Å². The number of hydrogen-bond acceptors (Lipinski definition) is 4. The van der Waals surface area contributed by atoms with Gasteiger partial charge in [-0.25, -0.2) is 0 Å². The number of halogens is 1. The van der Waals surface area contributed by atoms with E-state index in [2.05, 4.69) is 16.3 Å². The van der Waals surface area contributed by atoms with Crippen LogP contribution in [0.3, 0.4) is 0 Å². The zero-order chi connectivity index (χ0) is 14.4. The summed E-state index contributed by atoms with van der Waals surface area (Å²) in [5.74, 6) is 0. The second-order valence-corrected chi connectivity index (χ2v) is 5.41. The molecule has 112 valence electrons. The molecule has 1 heterocycles. The van der Waals surface area contributed by atoms with Gasteiger partial charge in [0.15, 0.2) is 0 Å². The van der Waals surface area contributed by atoms with E-state index in [9.17, 15) is 0 Å². The Morgan fingerprint density at radius 2 is 2.25 bits per heavy atom. The normalized spacial score (nSPS) is 18.8. The second kappa shape index (κ2) is 7.84. The molecule has 0 aromatic heterocycles. The molecule has 0 radical (unpaired) electrons. The van der Waals surface area contributed by atoms with Crippen LogP contribution in [0.2, 0.25) is 5.02 Å². The van der Waals surface area contributed by atoms with Crippen molar-refractivity contribution in [3.8, 4) is 0 Å². The third-order valence-electron chi connectivity index (χ3n) is 3.70. The minimum absolute atomic E-state index is 0.322. The third kappa shape index (κ3) is 3.85. The predicted octanol–water partition coefficient (Wildman–Crippen LogP) is 2.30. The molecule has 1 fully saturated rings. The number of hydrogen-bond donors (Lipinski definition) is 1. The molecule has 0 amide bonds. The van der Waals surface area contributed by atoms with Gasteiger partial charge in [-0.1, -0.05) is 17.7 Å². The Morgan fingerprint density at radius 1 is 1.40 bits per heavy atom. The van der Waals surface area contributed by atoms with Crippen LogP contribution in [-0.4, -0.2) is 46.6 Å². The minimum Gasteiger partial charge on any atom is -0.383 e. The molecular formula is C15H23ClN2O2. The number of methoxy groups -OCH3 is 2. The Labute approximate surface area is 126 Å². The lowest BCUT2D eigenvalue weighted by Crippen LogP contribution is -2.25. The van der Waals surface area contributed by atoms with Gasteiger partial charge in [-0.2, -0.15) is 0 Å². The van der Waals surface area contributed by atoms with Crippen molar-refractivity contribution in [2.24, 2.45) is 0 Å². The molecule has 1 aromatic carbocycles. The molecule has 5 heteroatoms. The standard InChI is InChI=1S/C15H23ClN2O2/c1-19-9-7-17-10-13-14(16)4-3-5-15(13)18-8-6-12(11-18)20-2/h3-5,12,17H,6-11H2,1-2H3. The number of nitrogens with zero attached hydrogens (tertiary/aromatic N) is 1. The smallest absolute Gasteiger partial charge is 0.0762 e. The Bertz CT molecular complexity index is 428. The number of rotatable bonds is 7. The first-order chi connectivity index (χ1) is 9.76. The van der Waals surface area contributed by atoms with E-state index < -0.39 is 0 Å². The molecule has 4 nitrogen and oxygen atoms in total. The highest BCUT2D eigenvalue weighted by molar-refractivity contribution is 6.31. The van der Waals surface area contributed by atoms with Crippen LogP contribution in [0.1, 0.15) is 12.0 Å². The molecule has 1 aliphatic rings. The fraction of sp³-hybridized carbons (Fsp3) is 0.600. The maximum atomic E-state index is 6.36. The maximum absolute atomic E-state index is 6.36. The first kappa shape index (κ1) is 15.6. The molecule has 1 unspecified atom stereocenters. The monoisotopic (exact) mass is 298 g/mol. The summed E-state index contributed by atoms with van der Waals surface area (Å²) in [5, 5.41) is 4.18. The summed E-state index contributed by atoms with van der Waals surface area (Å²) in [5.41, 5.74) is 2.36. The van der Waals surface area contributed by atoms with Crippen LogP contribution >= 0.6 is 11.6 Å². The van der Waals surface area contributed by atoms with Crippen LogP contribution in [0, 0.1) is 0 Å². The van der Waals surface area contributed by atoms with Gasteiger partial charge in [0.05, 0.1) is 12.7 Å². The van der Waals surface area contributed by atoms with E-state index in [0.717, 1.165) is 43.2 Å². The van der Waals surface area contributed by atoms with Gasteiger partial charge in [0, 0.05) is 56.7 Å². The summed E-state index contributed by atoms with van der Waals surface area (Å²) < 4.78 is 10.5. The van der Waals surface area contributed by atoms with E-state index in [1.54, 1.807) is 14.2 Å². The number of anilines is 1.